The second kappa shape index (κ2) is 6.06. The molecule has 2 aromatic heterocycles. The lowest BCUT2D eigenvalue weighted by molar-refractivity contribution is 0.329. The molecule has 0 aliphatic carbocycles. The van der Waals surface area contributed by atoms with E-state index in [1.165, 1.54) is 11.3 Å². The molecule has 2 heterocycles. The van der Waals surface area contributed by atoms with Gasteiger partial charge in [-0.05, 0) is 12.5 Å². The molecule has 2 aromatic rings. The first-order chi connectivity index (χ1) is 8.70. The third-order valence-electron chi connectivity index (χ3n) is 2.80. The second-order valence-electron chi connectivity index (χ2n) is 4.50. The van der Waals surface area contributed by atoms with E-state index in [0.717, 1.165) is 18.7 Å². The van der Waals surface area contributed by atoms with Crippen molar-refractivity contribution in [2.75, 3.05) is 6.54 Å². The molecule has 2 rings (SSSR count). The minimum Gasteiger partial charge on any atom is -0.339 e. The molecule has 6 heteroatoms. The molecular formula is C12H18N4OS. The van der Waals surface area contributed by atoms with Crippen LogP contribution in [0.3, 0.4) is 0 Å². The molecule has 0 saturated heterocycles. The smallest absolute Gasteiger partial charge is 0.228 e. The van der Waals surface area contributed by atoms with Crippen molar-refractivity contribution in [1.82, 2.24) is 20.4 Å². The Morgan fingerprint density at radius 3 is 2.89 bits per heavy atom. The SMILES string of the molecule is CCNC(Cc1nc(-c2cscn2)no1)C(C)C. The van der Waals surface area contributed by atoms with E-state index in [9.17, 15) is 0 Å². The molecule has 0 fully saturated rings. The predicted molar refractivity (Wildman–Crippen MR) is 71.4 cm³/mol. The highest BCUT2D eigenvalue weighted by Crippen LogP contribution is 2.16. The largest absolute Gasteiger partial charge is 0.339 e. The first kappa shape index (κ1) is 13.2. The summed E-state index contributed by atoms with van der Waals surface area (Å²) in [7, 11) is 0. The Bertz CT molecular complexity index is 466. The first-order valence-corrected chi connectivity index (χ1v) is 7.09. The van der Waals surface area contributed by atoms with Crippen molar-refractivity contribution < 1.29 is 4.52 Å². The van der Waals surface area contributed by atoms with Gasteiger partial charge in [0.1, 0.15) is 5.69 Å². The molecule has 0 aromatic carbocycles. The number of likely N-dealkylation sites (N-methyl/N-ethyl adjacent to an activating group) is 1. The van der Waals surface area contributed by atoms with Crippen molar-refractivity contribution in [2.45, 2.75) is 33.2 Å². The van der Waals surface area contributed by atoms with Crippen molar-refractivity contribution in [3.05, 3.63) is 16.8 Å². The van der Waals surface area contributed by atoms with Gasteiger partial charge in [-0.1, -0.05) is 25.9 Å². The molecule has 0 radical (unpaired) electrons. The number of hydrogen-bond donors (Lipinski definition) is 1. The summed E-state index contributed by atoms with van der Waals surface area (Å²) in [4.78, 5) is 8.55. The Morgan fingerprint density at radius 2 is 2.28 bits per heavy atom. The minimum atomic E-state index is 0.360. The number of nitrogens with one attached hydrogen (secondary N) is 1. The zero-order valence-electron chi connectivity index (χ0n) is 10.9. The topological polar surface area (TPSA) is 63.8 Å². The summed E-state index contributed by atoms with van der Waals surface area (Å²) in [6, 6.07) is 0.360. The van der Waals surface area contributed by atoms with E-state index in [1.54, 1.807) is 5.51 Å². The fourth-order valence-electron chi connectivity index (χ4n) is 1.76. The Balaban J connectivity index is 2.06. The lowest BCUT2D eigenvalue weighted by Gasteiger charge is -2.19. The van der Waals surface area contributed by atoms with Crippen LogP contribution in [0.4, 0.5) is 0 Å². The Morgan fingerprint density at radius 1 is 1.44 bits per heavy atom. The Labute approximate surface area is 111 Å². The van der Waals surface area contributed by atoms with Gasteiger partial charge >= 0.3 is 0 Å². The number of thiazole rings is 1. The minimum absolute atomic E-state index is 0.360. The maximum absolute atomic E-state index is 5.28. The van der Waals surface area contributed by atoms with E-state index in [0.29, 0.717) is 23.7 Å². The highest BCUT2D eigenvalue weighted by Gasteiger charge is 2.17. The molecule has 1 N–H and O–H groups in total. The van der Waals surface area contributed by atoms with E-state index >= 15 is 0 Å². The van der Waals surface area contributed by atoms with Gasteiger partial charge in [-0.25, -0.2) is 4.98 Å². The van der Waals surface area contributed by atoms with Crippen LogP contribution >= 0.6 is 11.3 Å². The van der Waals surface area contributed by atoms with Gasteiger partial charge in [0.2, 0.25) is 11.7 Å². The average Bonchev–Trinajstić information content (AvgIpc) is 2.98. The van der Waals surface area contributed by atoms with E-state index in [4.69, 9.17) is 4.52 Å². The highest BCUT2D eigenvalue weighted by atomic mass is 32.1. The summed E-state index contributed by atoms with van der Waals surface area (Å²) in [6.07, 6.45) is 0.753. The maximum atomic E-state index is 5.28. The normalized spacial score (nSPS) is 13.1. The van der Waals surface area contributed by atoms with Gasteiger partial charge in [0.25, 0.3) is 0 Å². The van der Waals surface area contributed by atoms with E-state index in [-0.39, 0.29) is 0 Å². The molecule has 0 bridgehead atoms. The fraction of sp³-hybridized carbons (Fsp3) is 0.583. The molecule has 0 aliphatic heterocycles. The van der Waals surface area contributed by atoms with Gasteiger partial charge < -0.3 is 9.84 Å². The van der Waals surface area contributed by atoms with Crippen LogP contribution < -0.4 is 5.32 Å². The zero-order chi connectivity index (χ0) is 13.0. The van der Waals surface area contributed by atoms with Gasteiger partial charge in [-0.2, -0.15) is 4.98 Å². The van der Waals surface area contributed by atoms with Gasteiger partial charge in [0.05, 0.1) is 5.51 Å². The number of hydrogen-bond acceptors (Lipinski definition) is 6. The Hall–Kier alpha value is -1.27. The van der Waals surface area contributed by atoms with Crippen molar-refractivity contribution in [3.8, 4) is 11.5 Å². The molecule has 0 amide bonds. The van der Waals surface area contributed by atoms with Crippen LogP contribution in [0.5, 0.6) is 0 Å². The van der Waals surface area contributed by atoms with Crippen LogP contribution in [0.15, 0.2) is 15.4 Å². The van der Waals surface area contributed by atoms with Gasteiger partial charge in [-0.15, -0.1) is 11.3 Å². The molecule has 18 heavy (non-hydrogen) atoms. The van der Waals surface area contributed by atoms with Gasteiger partial charge in [0.15, 0.2) is 0 Å². The third-order valence-corrected chi connectivity index (χ3v) is 3.38. The first-order valence-electron chi connectivity index (χ1n) is 6.15. The average molecular weight is 266 g/mol. The van der Waals surface area contributed by atoms with Crippen molar-refractivity contribution in [2.24, 2.45) is 5.92 Å². The van der Waals surface area contributed by atoms with E-state index in [1.807, 2.05) is 5.38 Å². The second-order valence-corrected chi connectivity index (χ2v) is 5.22. The summed E-state index contributed by atoms with van der Waals surface area (Å²) in [5.74, 6) is 1.77. The molecule has 0 aliphatic rings. The predicted octanol–water partition coefficient (Wildman–Crippen LogP) is 2.37. The van der Waals surface area contributed by atoms with Crippen LogP contribution in [0, 0.1) is 5.92 Å². The van der Waals surface area contributed by atoms with Crippen LogP contribution in [0.25, 0.3) is 11.5 Å². The standard InChI is InChI=1S/C12H18N4OS/c1-4-13-9(8(2)3)5-11-15-12(16-17-11)10-6-18-7-14-10/h6-9,13H,4-5H2,1-3H3. The molecular weight excluding hydrogens is 248 g/mol. The maximum Gasteiger partial charge on any atom is 0.228 e. The van der Waals surface area contributed by atoms with Crippen LogP contribution in [-0.2, 0) is 6.42 Å². The lowest BCUT2D eigenvalue weighted by Crippen LogP contribution is -2.35. The van der Waals surface area contributed by atoms with Gasteiger partial charge in [0, 0.05) is 17.8 Å². The van der Waals surface area contributed by atoms with Crippen molar-refractivity contribution in [1.29, 1.82) is 0 Å². The molecule has 5 nitrogen and oxygen atoms in total. The lowest BCUT2D eigenvalue weighted by atomic mass is 10.0. The number of nitrogens with zero attached hydrogens (tertiary/aromatic N) is 3. The molecule has 0 saturated carbocycles. The van der Waals surface area contributed by atoms with Crippen molar-refractivity contribution >= 4 is 11.3 Å². The highest BCUT2D eigenvalue weighted by molar-refractivity contribution is 7.07. The quantitative estimate of drug-likeness (QED) is 0.869. The van der Waals surface area contributed by atoms with Crippen LogP contribution in [-0.4, -0.2) is 27.7 Å². The van der Waals surface area contributed by atoms with Crippen molar-refractivity contribution in [3.63, 3.8) is 0 Å². The molecule has 0 spiro atoms. The van der Waals surface area contributed by atoms with Gasteiger partial charge in [-0.3, -0.25) is 0 Å². The summed E-state index contributed by atoms with van der Waals surface area (Å²) in [5.41, 5.74) is 2.54. The summed E-state index contributed by atoms with van der Waals surface area (Å²) in [5, 5.41) is 9.31. The summed E-state index contributed by atoms with van der Waals surface area (Å²) < 4.78 is 5.28. The zero-order valence-corrected chi connectivity index (χ0v) is 11.7. The van der Waals surface area contributed by atoms with E-state index < -0.39 is 0 Å². The molecule has 1 unspecified atom stereocenters. The Kier molecular flexibility index (Phi) is 4.43. The summed E-state index contributed by atoms with van der Waals surface area (Å²) >= 11 is 1.53. The monoisotopic (exact) mass is 266 g/mol. The van der Waals surface area contributed by atoms with E-state index in [2.05, 4.69) is 41.2 Å². The van der Waals surface area contributed by atoms with Crippen LogP contribution in [0.1, 0.15) is 26.7 Å². The summed E-state index contributed by atoms with van der Waals surface area (Å²) in [6.45, 7) is 7.41. The van der Waals surface area contributed by atoms with Crippen LogP contribution in [0.2, 0.25) is 0 Å². The number of aromatic nitrogens is 3. The number of rotatable bonds is 6. The third kappa shape index (κ3) is 3.14. The molecule has 1 atom stereocenters. The molecule has 98 valence electrons. The fourth-order valence-corrected chi connectivity index (χ4v) is 2.29.